The highest BCUT2D eigenvalue weighted by molar-refractivity contribution is 6.31. The van der Waals surface area contributed by atoms with E-state index in [1.54, 1.807) is 10.7 Å². The highest BCUT2D eigenvalue weighted by Gasteiger charge is 2.16. The van der Waals surface area contributed by atoms with E-state index < -0.39 is 0 Å². The fourth-order valence-corrected chi connectivity index (χ4v) is 2.13. The van der Waals surface area contributed by atoms with Crippen molar-refractivity contribution in [2.75, 3.05) is 0 Å². The SMILES string of the molecule is CCc1cc(C(=O)c2ccc(C)c(Cl)c2)n(CC)n1. The highest BCUT2D eigenvalue weighted by atomic mass is 35.5. The summed E-state index contributed by atoms with van der Waals surface area (Å²) in [6.45, 7) is 6.60. The molecule has 0 radical (unpaired) electrons. The maximum absolute atomic E-state index is 12.5. The Bertz CT molecular complexity index is 617. The molecule has 3 nitrogen and oxygen atoms in total. The molecule has 0 spiro atoms. The summed E-state index contributed by atoms with van der Waals surface area (Å²) < 4.78 is 1.74. The van der Waals surface area contributed by atoms with Crippen LogP contribution in [-0.2, 0) is 13.0 Å². The standard InChI is InChI=1S/C15H17ClN2O/c1-4-12-9-14(18(5-2)17-12)15(19)11-7-6-10(3)13(16)8-11/h6-9H,4-5H2,1-3H3. The van der Waals surface area contributed by atoms with Gasteiger partial charge in [-0.05, 0) is 38.0 Å². The number of hydrogen-bond acceptors (Lipinski definition) is 2. The molecule has 1 aromatic heterocycles. The van der Waals surface area contributed by atoms with Gasteiger partial charge in [0, 0.05) is 17.1 Å². The molecule has 0 atom stereocenters. The molecule has 2 rings (SSSR count). The minimum atomic E-state index is -0.0315. The van der Waals surface area contributed by atoms with Crippen LogP contribution in [0, 0.1) is 6.92 Å². The Morgan fingerprint density at radius 2 is 2.05 bits per heavy atom. The number of ketones is 1. The molecule has 4 heteroatoms. The number of halogens is 1. The lowest BCUT2D eigenvalue weighted by atomic mass is 10.1. The minimum Gasteiger partial charge on any atom is -0.287 e. The first-order valence-corrected chi connectivity index (χ1v) is 6.82. The lowest BCUT2D eigenvalue weighted by Gasteiger charge is -2.05. The molecule has 1 heterocycles. The van der Waals surface area contributed by atoms with Gasteiger partial charge in [-0.3, -0.25) is 9.48 Å². The molecule has 0 amide bonds. The molecule has 0 saturated heterocycles. The van der Waals surface area contributed by atoms with Gasteiger partial charge < -0.3 is 0 Å². The molecule has 0 saturated carbocycles. The fourth-order valence-electron chi connectivity index (χ4n) is 1.95. The van der Waals surface area contributed by atoms with Crippen molar-refractivity contribution in [2.45, 2.75) is 33.7 Å². The molecule has 0 N–H and O–H groups in total. The van der Waals surface area contributed by atoms with Crippen LogP contribution in [-0.4, -0.2) is 15.6 Å². The normalized spacial score (nSPS) is 10.7. The summed E-state index contributed by atoms with van der Waals surface area (Å²) in [4.78, 5) is 12.5. The van der Waals surface area contributed by atoms with Crippen LogP contribution in [0.1, 0.15) is 41.2 Å². The van der Waals surface area contributed by atoms with Gasteiger partial charge in [-0.1, -0.05) is 30.7 Å². The number of rotatable bonds is 4. The topological polar surface area (TPSA) is 34.9 Å². The summed E-state index contributed by atoms with van der Waals surface area (Å²) in [5.41, 5.74) is 3.13. The Morgan fingerprint density at radius 3 is 2.63 bits per heavy atom. The first kappa shape index (κ1) is 13.8. The maximum Gasteiger partial charge on any atom is 0.211 e. The average molecular weight is 277 g/mol. The molecule has 0 unspecified atom stereocenters. The van der Waals surface area contributed by atoms with Crippen molar-refractivity contribution in [3.8, 4) is 0 Å². The highest BCUT2D eigenvalue weighted by Crippen LogP contribution is 2.19. The van der Waals surface area contributed by atoms with Crippen molar-refractivity contribution >= 4 is 17.4 Å². The first-order valence-electron chi connectivity index (χ1n) is 6.44. The summed E-state index contributed by atoms with van der Waals surface area (Å²) in [6, 6.07) is 7.25. The van der Waals surface area contributed by atoms with Crippen LogP contribution < -0.4 is 0 Å². The summed E-state index contributed by atoms with van der Waals surface area (Å²) in [6.07, 6.45) is 0.821. The fraction of sp³-hybridized carbons (Fsp3) is 0.333. The van der Waals surface area contributed by atoms with Crippen LogP contribution in [0.25, 0.3) is 0 Å². The molecular weight excluding hydrogens is 260 g/mol. The number of nitrogens with zero attached hydrogens (tertiary/aromatic N) is 2. The van der Waals surface area contributed by atoms with E-state index in [1.165, 1.54) is 0 Å². The van der Waals surface area contributed by atoms with Crippen LogP contribution in [0.15, 0.2) is 24.3 Å². The van der Waals surface area contributed by atoms with Gasteiger partial charge in [0.05, 0.1) is 5.69 Å². The molecule has 0 aliphatic rings. The molecule has 19 heavy (non-hydrogen) atoms. The van der Waals surface area contributed by atoms with Gasteiger partial charge in [0.2, 0.25) is 5.78 Å². The Labute approximate surface area is 118 Å². The lowest BCUT2D eigenvalue weighted by molar-refractivity contribution is 0.102. The van der Waals surface area contributed by atoms with Crippen LogP contribution >= 0.6 is 11.6 Å². The number of carbonyl (C=O) groups excluding carboxylic acids is 1. The second kappa shape index (κ2) is 5.57. The maximum atomic E-state index is 12.5. The van der Waals surface area contributed by atoms with E-state index in [2.05, 4.69) is 5.10 Å². The molecule has 0 aliphatic carbocycles. The van der Waals surface area contributed by atoms with E-state index in [4.69, 9.17) is 11.6 Å². The first-order chi connectivity index (χ1) is 9.06. The third-order valence-corrected chi connectivity index (χ3v) is 3.57. The van der Waals surface area contributed by atoms with Gasteiger partial charge in [-0.15, -0.1) is 0 Å². The van der Waals surface area contributed by atoms with Crippen LogP contribution in [0.5, 0.6) is 0 Å². The zero-order chi connectivity index (χ0) is 14.0. The quantitative estimate of drug-likeness (QED) is 0.799. The van der Waals surface area contributed by atoms with Crippen molar-refractivity contribution in [3.63, 3.8) is 0 Å². The van der Waals surface area contributed by atoms with E-state index in [1.807, 2.05) is 39.0 Å². The number of carbonyl (C=O) groups is 1. The molecule has 2 aromatic rings. The van der Waals surface area contributed by atoms with Gasteiger partial charge in [-0.2, -0.15) is 5.10 Å². The van der Waals surface area contributed by atoms with E-state index in [-0.39, 0.29) is 5.78 Å². The Kier molecular flexibility index (Phi) is 4.05. The molecular formula is C15H17ClN2O. The van der Waals surface area contributed by atoms with Crippen molar-refractivity contribution in [1.29, 1.82) is 0 Å². The second-order valence-corrected chi connectivity index (χ2v) is 4.89. The smallest absolute Gasteiger partial charge is 0.211 e. The van der Waals surface area contributed by atoms with Crippen LogP contribution in [0.4, 0.5) is 0 Å². The monoisotopic (exact) mass is 276 g/mol. The molecule has 0 aliphatic heterocycles. The second-order valence-electron chi connectivity index (χ2n) is 4.48. The van der Waals surface area contributed by atoms with Crippen LogP contribution in [0.2, 0.25) is 5.02 Å². The Balaban J connectivity index is 2.43. The summed E-state index contributed by atoms with van der Waals surface area (Å²) in [5.74, 6) is -0.0315. The summed E-state index contributed by atoms with van der Waals surface area (Å²) in [7, 11) is 0. The predicted octanol–water partition coefficient (Wildman–Crippen LogP) is 3.66. The molecule has 0 bridgehead atoms. The summed E-state index contributed by atoms with van der Waals surface area (Å²) >= 11 is 6.08. The predicted molar refractivity (Wildman–Crippen MR) is 76.9 cm³/mol. The Morgan fingerprint density at radius 1 is 1.32 bits per heavy atom. The van der Waals surface area contributed by atoms with Gasteiger partial charge >= 0.3 is 0 Å². The third kappa shape index (κ3) is 2.71. The number of aromatic nitrogens is 2. The largest absolute Gasteiger partial charge is 0.287 e. The molecule has 100 valence electrons. The van der Waals surface area contributed by atoms with E-state index in [9.17, 15) is 4.79 Å². The minimum absolute atomic E-state index is 0.0315. The van der Waals surface area contributed by atoms with Gasteiger partial charge in [0.1, 0.15) is 5.69 Å². The molecule has 1 aromatic carbocycles. The van der Waals surface area contributed by atoms with E-state index in [0.29, 0.717) is 22.8 Å². The zero-order valence-electron chi connectivity index (χ0n) is 11.4. The Hall–Kier alpha value is -1.61. The van der Waals surface area contributed by atoms with Gasteiger partial charge in [-0.25, -0.2) is 0 Å². The zero-order valence-corrected chi connectivity index (χ0v) is 12.2. The van der Waals surface area contributed by atoms with Gasteiger partial charge in [0.15, 0.2) is 0 Å². The molecule has 0 fully saturated rings. The van der Waals surface area contributed by atoms with Crippen LogP contribution in [0.3, 0.4) is 0 Å². The average Bonchev–Trinajstić information content (AvgIpc) is 2.84. The van der Waals surface area contributed by atoms with Crippen molar-refractivity contribution < 1.29 is 4.79 Å². The number of hydrogen-bond donors (Lipinski definition) is 0. The van der Waals surface area contributed by atoms with Crippen molar-refractivity contribution in [1.82, 2.24) is 9.78 Å². The van der Waals surface area contributed by atoms with Crippen molar-refractivity contribution in [3.05, 3.63) is 51.8 Å². The van der Waals surface area contributed by atoms with E-state index in [0.717, 1.165) is 17.7 Å². The van der Waals surface area contributed by atoms with Gasteiger partial charge in [0.25, 0.3) is 0 Å². The van der Waals surface area contributed by atoms with Crippen molar-refractivity contribution in [2.24, 2.45) is 0 Å². The number of aryl methyl sites for hydroxylation is 3. The summed E-state index contributed by atoms with van der Waals surface area (Å²) in [5, 5.41) is 5.01. The lowest BCUT2D eigenvalue weighted by Crippen LogP contribution is -2.10. The van der Waals surface area contributed by atoms with E-state index >= 15 is 0 Å². The number of benzene rings is 1. The third-order valence-electron chi connectivity index (χ3n) is 3.16.